The number of hydrogen-bond donors (Lipinski definition) is 1. The number of pyridine rings is 1. The number of carbonyl (C=O) groups excluding carboxylic acids is 2. The third-order valence-corrected chi connectivity index (χ3v) is 4.60. The molecule has 1 aliphatic heterocycles. The van der Waals surface area contributed by atoms with E-state index in [0.717, 1.165) is 22.5 Å². The van der Waals surface area contributed by atoms with Crippen molar-refractivity contribution in [2.24, 2.45) is 0 Å². The maximum Gasteiger partial charge on any atom is 0.409 e. The van der Waals surface area contributed by atoms with Gasteiger partial charge in [-0.2, -0.15) is 0 Å². The van der Waals surface area contributed by atoms with Gasteiger partial charge in [-0.25, -0.2) is 9.78 Å². The predicted octanol–water partition coefficient (Wildman–Crippen LogP) is 3.09. The molecule has 1 N–H and O–H groups in total. The summed E-state index contributed by atoms with van der Waals surface area (Å²) in [6.45, 7) is 3.23. The van der Waals surface area contributed by atoms with Gasteiger partial charge in [-0.05, 0) is 18.6 Å². The van der Waals surface area contributed by atoms with Crippen molar-refractivity contribution in [2.75, 3.05) is 25.0 Å². The number of cyclic esters (lactones) is 1. The van der Waals surface area contributed by atoms with Crippen molar-refractivity contribution < 1.29 is 14.3 Å². The number of aromatic nitrogens is 2. The third-order valence-electron chi connectivity index (χ3n) is 4.60. The van der Waals surface area contributed by atoms with Crippen molar-refractivity contribution in [1.29, 1.82) is 0 Å². The minimum atomic E-state index is -0.363. The van der Waals surface area contributed by atoms with E-state index < -0.39 is 0 Å². The SMILES string of the molecule is Cc1cccn2c(NC(=O)CCN3CCOC3=O)c(-c3ccccc3)nc12. The molecule has 0 aliphatic carbocycles. The second-order valence-corrected chi connectivity index (χ2v) is 6.46. The largest absolute Gasteiger partial charge is 0.448 e. The Morgan fingerprint density at radius 3 is 2.78 bits per heavy atom. The number of rotatable bonds is 5. The van der Waals surface area contributed by atoms with Gasteiger partial charge in [0, 0.05) is 24.7 Å². The molecule has 7 heteroatoms. The number of anilines is 1. The summed E-state index contributed by atoms with van der Waals surface area (Å²) >= 11 is 0. The topological polar surface area (TPSA) is 75.9 Å². The van der Waals surface area contributed by atoms with Crippen LogP contribution in [0.1, 0.15) is 12.0 Å². The van der Waals surface area contributed by atoms with Crippen molar-refractivity contribution in [3.05, 3.63) is 54.2 Å². The summed E-state index contributed by atoms with van der Waals surface area (Å²) in [6.07, 6.45) is 1.72. The Bertz CT molecular complexity index is 997. The van der Waals surface area contributed by atoms with Crippen LogP contribution in [0.5, 0.6) is 0 Å². The van der Waals surface area contributed by atoms with E-state index in [1.54, 1.807) is 0 Å². The zero-order valence-electron chi connectivity index (χ0n) is 15.0. The maximum atomic E-state index is 12.6. The molecular weight excluding hydrogens is 344 g/mol. The van der Waals surface area contributed by atoms with E-state index in [9.17, 15) is 9.59 Å². The van der Waals surface area contributed by atoms with E-state index in [0.29, 0.717) is 25.5 Å². The number of amides is 2. The molecule has 0 radical (unpaired) electrons. The van der Waals surface area contributed by atoms with Crippen molar-refractivity contribution in [2.45, 2.75) is 13.3 Å². The van der Waals surface area contributed by atoms with Gasteiger partial charge in [0.2, 0.25) is 5.91 Å². The van der Waals surface area contributed by atoms with Crippen LogP contribution in [0.15, 0.2) is 48.7 Å². The third kappa shape index (κ3) is 3.36. The van der Waals surface area contributed by atoms with Gasteiger partial charge in [-0.3, -0.25) is 9.20 Å². The summed E-state index contributed by atoms with van der Waals surface area (Å²) in [5.41, 5.74) is 3.47. The molecule has 2 aromatic heterocycles. The lowest BCUT2D eigenvalue weighted by atomic mass is 10.1. The minimum absolute atomic E-state index is 0.171. The van der Waals surface area contributed by atoms with E-state index in [-0.39, 0.29) is 18.4 Å². The molecule has 27 heavy (non-hydrogen) atoms. The van der Waals surface area contributed by atoms with E-state index in [1.807, 2.05) is 60.0 Å². The number of imidazole rings is 1. The summed E-state index contributed by atoms with van der Waals surface area (Å²) < 4.78 is 6.78. The molecular formula is C20H20N4O3. The highest BCUT2D eigenvalue weighted by Gasteiger charge is 2.23. The predicted molar refractivity (Wildman–Crippen MR) is 102 cm³/mol. The Morgan fingerprint density at radius 2 is 2.04 bits per heavy atom. The lowest BCUT2D eigenvalue weighted by Gasteiger charge is -2.12. The van der Waals surface area contributed by atoms with Crippen LogP contribution in [0.4, 0.5) is 10.6 Å². The minimum Gasteiger partial charge on any atom is -0.448 e. The monoisotopic (exact) mass is 364 g/mol. The summed E-state index contributed by atoms with van der Waals surface area (Å²) in [5.74, 6) is 0.462. The molecule has 7 nitrogen and oxygen atoms in total. The first kappa shape index (κ1) is 17.1. The fourth-order valence-corrected chi connectivity index (χ4v) is 3.18. The van der Waals surface area contributed by atoms with Gasteiger partial charge in [0.05, 0.1) is 6.54 Å². The summed E-state index contributed by atoms with van der Waals surface area (Å²) in [4.78, 5) is 30.4. The van der Waals surface area contributed by atoms with Crippen LogP contribution in [0, 0.1) is 6.92 Å². The molecule has 0 saturated carbocycles. The second-order valence-electron chi connectivity index (χ2n) is 6.46. The molecule has 2 amide bonds. The maximum absolute atomic E-state index is 12.6. The fourth-order valence-electron chi connectivity index (χ4n) is 3.18. The van der Waals surface area contributed by atoms with E-state index >= 15 is 0 Å². The van der Waals surface area contributed by atoms with E-state index in [2.05, 4.69) is 5.32 Å². The number of nitrogens with one attached hydrogen (secondary N) is 1. The van der Waals surface area contributed by atoms with Gasteiger partial charge in [0.15, 0.2) is 0 Å². The Labute approximate surface area is 156 Å². The van der Waals surface area contributed by atoms with Gasteiger partial charge in [-0.15, -0.1) is 0 Å². The van der Waals surface area contributed by atoms with Crippen LogP contribution in [-0.2, 0) is 9.53 Å². The van der Waals surface area contributed by atoms with Crippen LogP contribution in [0.3, 0.4) is 0 Å². The molecule has 3 aromatic rings. The molecule has 4 rings (SSSR count). The lowest BCUT2D eigenvalue weighted by molar-refractivity contribution is -0.116. The van der Waals surface area contributed by atoms with Gasteiger partial charge in [-0.1, -0.05) is 36.4 Å². The smallest absolute Gasteiger partial charge is 0.409 e. The summed E-state index contributed by atoms with van der Waals surface area (Å²) in [7, 11) is 0. The molecule has 0 bridgehead atoms. The number of hydrogen-bond acceptors (Lipinski definition) is 4. The molecule has 138 valence electrons. The molecule has 1 fully saturated rings. The first-order valence-corrected chi connectivity index (χ1v) is 8.88. The van der Waals surface area contributed by atoms with Crippen molar-refractivity contribution in [1.82, 2.24) is 14.3 Å². The number of ether oxygens (including phenoxy) is 1. The quantitative estimate of drug-likeness (QED) is 0.755. The Hall–Kier alpha value is -3.35. The zero-order valence-corrected chi connectivity index (χ0v) is 15.0. The lowest BCUT2D eigenvalue weighted by Crippen LogP contribution is -2.28. The second kappa shape index (κ2) is 7.11. The average Bonchev–Trinajstić information content (AvgIpc) is 3.25. The van der Waals surface area contributed by atoms with Crippen LogP contribution in [-0.4, -0.2) is 46.0 Å². The molecule has 1 aliphatic rings. The summed E-state index contributed by atoms with van der Waals surface area (Å²) in [5, 5.41) is 2.98. The summed E-state index contributed by atoms with van der Waals surface area (Å²) in [6, 6.07) is 13.7. The average molecular weight is 364 g/mol. The van der Waals surface area contributed by atoms with Crippen LogP contribution in [0.2, 0.25) is 0 Å². The van der Waals surface area contributed by atoms with Crippen LogP contribution < -0.4 is 5.32 Å². The van der Waals surface area contributed by atoms with Crippen molar-refractivity contribution in [3.63, 3.8) is 0 Å². The molecule has 0 atom stereocenters. The van der Waals surface area contributed by atoms with Crippen LogP contribution >= 0.6 is 0 Å². The van der Waals surface area contributed by atoms with Gasteiger partial charge < -0.3 is 15.0 Å². The molecule has 1 saturated heterocycles. The number of nitrogens with zero attached hydrogens (tertiary/aromatic N) is 3. The zero-order chi connectivity index (χ0) is 18.8. The molecule has 3 heterocycles. The molecule has 0 spiro atoms. The van der Waals surface area contributed by atoms with Crippen molar-refractivity contribution >= 4 is 23.5 Å². The number of benzene rings is 1. The molecule has 0 unspecified atom stereocenters. The van der Waals surface area contributed by atoms with Gasteiger partial charge in [0.1, 0.15) is 23.8 Å². The standard InChI is InChI=1S/C20H20N4O3/c1-14-6-5-10-24-18(14)22-17(15-7-3-2-4-8-15)19(24)21-16(25)9-11-23-12-13-27-20(23)26/h2-8,10H,9,11-13H2,1H3,(H,21,25). The highest BCUT2D eigenvalue weighted by molar-refractivity contribution is 5.95. The van der Waals surface area contributed by atoms with E-state index in [4.69, 9.17) is 9.72 Å². The highest BCUT2D eigenvalue weighted by atomic mass is 16.6. The van der Waals surface area contributed by atoms with Crippen LogP contribution in [0.25, 0.3) is 16.9 Å². The van der Waals surface area contributed by atoms with Crippen molar-refractivity contribution in [3.8, 4) is 11.3 Å². The number of carbonyl (C=O) groups is 2. The molecule has 1 aromatic carbocycles. The Kier molecular flexibility index (Phi) is 4.50. The van der Waals surface area contributed by atoms with Gasteiger partial charge in [0.25, 0.3) is 0 Å². The fraction of sp³-hybridized carbons (Fsp3) is 0.250. The van der Waals surface area contributed by atoms with Gasteiger partial charge >= 0.3 is 6.09 Å². The first-order valence-electron chi connectivity index (χ1n) is 8.88. The highest BCUT2D eigenvalue weighted by Crippen LogP contribution is 2.29. The first-order chi connectivity index (χ1) is 13.1. The number of fused-ring (bicyclic) bond motifs is 1. The normalized spacial score (nSPS) is 13.8. The number of aryl methyl sites for hydroxylation is 1. The Balaban J connectivity index is 1.62. The Morgan fingerprint density at radius 1 is 1.22 bits per heavy atom. The van der Waals surface area contributed by atoms with E-state index in [1.165, 1.54) is 4.90 Å².